The number of carbonyl (C=O) groups is 1. The second-order valence-electron chi connectivity index (χ2n) is 11.4. The molecule has 1 N–H and O–H groups in total. The highest BCUT2D eigenvalue weighted by molar-refractivity contribution is 5.97. The highest BCUT2D eigenvalue weighted by Crippen LogP contribution is 2.40. The van der Waals surface area contributed by atoms with Crippen LogP contribution in [-0.4, -0.2) is 62.7 Å². The monoisotopic (exact) mass is 569 g/mol. The Morgan fingerprint density at radius 1 is 1.20 bits per heavy atom. The number of allylic oxidation sites excluding steroid dienone is 9. The molecule has 1 aliphatic heterocycles. The van der Waals surface area contributed by atoms with E-state index in [0.717, 1.165) is 56.1 Å². The maximum absolute atomic E-state index is 14.3. The first kappa shape index (κ1) is 30.7. The predicted octanol–water partition coefficient (Wildman–Crippen LogP) is 7.67. The lowest BCUT2D eigenvalue weighted by Gasteiger charge is -2.28. The summed E-state index contributed by atoms with van der Waals surface area (Å²) >= 11 is 0. The number of Topliss-reactive ketones (excluding diaryl/α,β-unsaturated/α-hetero) is 1. The Bertz CT molecular complexity index is 1260. The molecule has 0 radical (unpaired) electrons. The van der Waals surface area contributed by atoms with Crippen molar-refractivity contribution in [3.8, 4) is 5.75 Å². The number of methoxy groups -OCH3 is 1. The van der Waals surface area contributed by atoms with E-state index in [1.54, 1.807) is 38.2 Å². The van der Waals surface area contributed by atoms with Gasteiger partial charge in [0.2, 0.25) is 0 Å². The number of fused-ring (bicyclic) bond motifs is 1. The SMILES string of the molecule is C/C=C(CC1=CC2=CCCC=C2C1)\C(=C/N(C)CNc1cc(C(=O)CC2CCN(C)CC2)ccc1OC)C(F)(F)F. The molecule has 1 aromatic rings. The molecule has 1 fully saturated rings. The standard InChI is InChI=1S/C33H42F3N3O2/c1-5-25(16-24-17-26-8-6-7-9-27(26)18-24)29(33(34,35)36)21-39(3)22-37-30-20-28(10-11-32(30)41-4)31(40)19-23-12-14-38(2)15-13-23/h5,8-11,17,20-21,23,37H,6-7,12-16,18-19,22H2,1-4H3/b25-5-,29-21+. The zero-order valence-corrected chi connectivity index (χ0v) is 24.6. The lowest BCUT2D eigenvalue weighted by molar-refractivity contribution is -0.0904. The average molecular weight is 570 g/mol. The fraction of sp³-hybridized carbons (Fsp3) is 0.485. The Labute approximate surface area is 242 Å². The number of rotatable bonds is 11. The molecule has 0 atom stereocenters. The van der Waals surface area contributed by atoms with Gasteiger partial charge in [-0.1, -0.05) is 29.9 Å². The van der Waals surface area contributed by atoms with E-state index in [2.05, 4.69) is 29.4 Å². The van der Waals surface area contributed by atoms with E-state index >= 15 is 0 Å². The van der Waals surface area contributed by atoms with Crippen LogP contribution in [0.2, 0.25) is 0 Å². The van der Waals surface area contributed by atoms with Crippen molar-refractivity contribution < 1.29 is 22.7 Å². The van der Waals surface area contributed by atoms with Crippen molar-refractivity contribution >= 4 is 11.5 Å². The second kappa shape index (κ2) is 13.6. The van der Waals surface area contributed by atoms with E-state index in [9.17, 15) is 18.0 Å². The number of likely N-dealkylation sites (tertiary alicyclic amines) is 1. The number of carbonyl (C=O) groups excluding carboxylic acids is 1. The van der Waals surface area contributed by atoms with Gasteiger partial charge in [0.1, 0.15) is 5.75 Å². The largest absolute Gasteiger partial charge is 0.495 e. The Balaban J connectivity index is 1.44. The summed E-state index contributed by atoms with van der Waals surface area (Å²) in [4.78, 5) is 16.8. The number of hydrogen-bond acceptors (Lipinski definition) is 5. The highest BCUT2D eigenvalue weighted by atomic mass is 19.4. The summed E-state index contributed by atoms with van der Waals surface area (Å²) < 4.78 is 48.3. The Hall–Kier alpha value is -3.26. The van der Waals surface area contributed by atoms with Gasteiger partial charge in [-0.05, 0) is 106 Å². The molecule has 41 heavy (non-hydrogen) atoms. The van der Waals surface area contributed by atoms with Gasteiger partial charge >= 0.3 is 6.18 Å². The molecule has 4 rings (SSSR count). The van der Waals surface area contributed by atoms with Crippen LogP contribution in [0.25, 0.3) is 0 Å². The first-order chi connectivity index (χ1) is 19.6. The van der Waals surface area contributed by atoms with Gasteiger partial charge in [-0.15, -0.1) is 0 Å². The summed E-state index contributed by atoms with van der Waals surface area (Å²) in [6.07, 6.45) is 10.1. The number of alkyl halides is 3. The van der Waals surface area contributed by atoms with Gasteiger partial charge in [0.25, 0.3) is 0 Å². The summed E-state index contributed by atoms with van der Waals surface area (Å²) in [5, 5.41) is 3.17. The van der Waals surface area contributed by atoms with E-state index in [0.29, 0.717) is 35.8 Å². The molecule has 1 heterocycles. The predicted molar refractivity (Wildman–Crippen MR) is 159 cm³/mol. The van der Waals surface area contributed by atoms with E-state index < -0.39 is 11.7 Å². The molecule has 0 bridgehead atoms. The van der Waals surface area contributed by atoms with Crippen LogP contribution in [0.1, 0.15) is 62.2 Å². The fourth-order valence-electron chi connectivity index (χ4n) is 5.78. The molecular formula is C33H42F3N3O2. The van der Waals surface area contributed by atoms with Crippen LogP contribution in [-0.2, 0) is 0 Å². The number of nitrogens with one attached hydrogen (secondary N) is 1. The number of piperidine rings is 1. The maximum atomic E-state index is 14.3. The van der Waals surface area contributed by atoms with Gasteiger partial charge < -0.3 is 19.9 Å². The minimum atomic E-state index is -4.50. The van der Waals surface area contributed by atoms with Crippen molar-refractivity contribution in [3.05, 3.63) is 82.1 Å². The number of anilines is 1. The van der Waals surface area contributed by atoms with Gasteiger partial charge in [0.05, 0.1) is 25.0 Å². The molecule has 1 aromatic carbocycles. The van der Waals surface area contributed by atoms with Crippen LogP contribution >= 0.6 is 0 Å². The number of benzene rings is 1. The molecule has 2 aliphatic carbocycles. The van der Waals surface area contributed by atoms with Gasteiger partial charge in [-0.3, -0.25) is 4.79 Å². The number of hydrogen-bond donors (Lipinski definition) is 1. The van der Waals surface area contributed by atoms with Gasteiger partial charge in [-0.25, -0.2) is 0 Å². The zero-order valence-electron chi connectivity index (χ0n) is 24.6. The summed E-state index contributed by atoms with van der Waals surface area (Å²) in [6, 6.07) is 5.23. The lowest BCUT2D eigenvalue weighted by atomic mass is 9.90. The molecule has 222 valence electrons. The van der Waals surface area contributed by atoms with E-state index in [1.807, 2.05) is 6.08 Å². The second-order valence-corrected chi connectivity index (χ2v) is 11.4. The Kier molecular flexibility index (Phi) is 10.2. The summed E-state index contributed by atoms with van der Waals surface area (Å²) in [6.45, 7) is 3.75. The van der Waals surface area contributed by atoms with Gasteiger partial charge in [0.15, 0.2) is 5.78 Å². The third-order valence-corrected chi connectivity index (χ3v) is 8.19. The smallest absolute Gasteiger partial charge is 0.418 e. The van der Waals surface area contributed by atoms with Crippen LogP contribution in [0.5, 0.6) is 5.75 Å². The molecular weight excluding hydrogens is 527 g/mol. The minimum Gasteiger partial charge on any atom is -0.495 e. The number of ketones is 1. The zero-order chi connectivity index (χ0) is 29.6. The molecule has 0 unspecified atom stereocenters. The molecule has 1 saturated heterocycles. The lowest BCUT2D eigenvalue weighted by Crippen LogP contribution is -2.31. The van der Waals surface area contributed by atoms with Crippen molar-refractivity contribution in [2.75, 3.05) is 46.3 Å². The van der Waals surface area contributed by atoms with E-state index in [1.165, 1.54) is 17.6 Å². The Morgan fingerprint density at radius 2 is 1.93 bits per heavy atom. The van der Waals surface area contributed by atoms with Crippen LogP contribution < -0.4 is 10.1 Å². The van der Waals surface area contributed by atoms with Gasteiger partial charge in [0, 0.05) is 25.2 Å². The molecule has 0 amide bonds. The topological polar surface area (TPSA) is 44.8 Å². The molecule has 3 aliphatic rings. The summed E-state index contributed by atoms with van der Waals surface area (Å²) in [5.41, 5.74) is 4.13. The number of halogens is 3. The molecule has 8 heteroatoms. The average Bonchev–Trinajstić information content (AvgIpc) is 3.36. The van der Waals surface area contributed by atoms with E-state index in [-0.39, 0.29) is 24.4 Å². The number of ether oxygens (including phenoxy) is 1. The van der Waals surface area contributed by atoms with E-state index in [4.69, 9.17) is 4.74 Å². The highest BCUT2D eigenvalue weighted by Gasteiger charge is 2.36. The number of nitrogens with zero attached hydrogens (tertiary/aromatic N) is 2. The summed E-state index contributed by atoms with van der Waals surface area (Å²) in [7, 11) is 5.23. The molecule has 5 nitrogen and oxygen atoms in total. The summed E-state index contributed by atoms with van der Waals surface area (Å²) in [5.74, 6) is 0.970. The van der Waals surface area contributed by atoms with Crippen LogP contribution in [0, 0.1) is 5.92 Å². The third-order valence-electron chi connectivity index (χ3n) is 8.19. The molecule has 0 aromatic heterocycles. The van der Waals surface area contributed by atoms with Crippen LogP contribution in [0.3, 0.4) is 0 Å². The first-order valence-electron chi connectivity index (χ1n) is 14.4. The Morgan fingerprint density at radius 3 is 2.59 bits per heavy atom. The van der Waals surface area contributed by atoms with Crippen LogP contribution in [0.4, 0.5) is 18.9 Å². The third kappa shape index (κ3) is 8.15. The minimum absolute atomic E-state index is 0.0724. The van der Waals surface area contributed by atoms with Crippen LogP contribution in [0.15, 0.2) is 76.6 Å². The normalized spacial score (nSPS) is 18.9. The fourth-order valence-corrected chi connectivity index (χ4v) is 5.78. The van der Waals surface area contributed by atoms with Crippen molar-refractivity contribution in [2.45, 2.75) is 58.0 Å². The quantitative estimate of drug-likeness (QED) is 0.168. The van der Waals surface area contributed by atoms with Gasteiger partial charge in [-0.2, -0.15) is 13.2 Å². The first-order valence-corrected chi connectivity index (χ1v) is 14.4. The molecule has 0 spiro atoms. The maximum Gasteiger partial charge on any atom is 0.418 e. The van der Waals surface area contributed by atoms with Crippen molar-refractivity contribution in [1.82, 2.24) is 9.80 Å². The van der Waals surface area contributed by atoms with Crippen molar-refractivity contribution in [3.63, 3.8) is 0 Å². The van der Waals surface area contributed by atoms with Crippen molar-refractivity contribution in [1.29, 1.82) is 0 Å². The molecule has 0 saturated carbocycles. The van der Waals surface area contributed by atoms with Crippen molar-refractivity contribution in [2.24, 2.45) is 5.92 Å².